The summed E-state index contributed by atoms with van der Waals surface area (Å²) in [5.74, 6) is 0.739. The molecule has 0 unspecified atom stereocenters. The van der Waals surface area contributed by atoms with E-state index in [4.69, 9.17) is 14.2 Å². The lowest BCUT2D eigenvalue weighted by Crippen LogP contribution is -2.11. The number of nitrogens with one attached hydrogen (secondary N) is 1. The predicted octanol–water partition coefficient (Wildman–Crippen LogP) is 4.07. The summed E-state index contributed by atoms with van der Waals surface area (Å²) in [5.41, 5.74) is 2.75. The molecule has 0 bridgehead atoms. The van der Waals surface area contributed by atoms with E-state index in [9.17, 15) is 4.79 Å². The number of nitrogens with zero attached hydrogens (tertiary/aromatic N) is 1. The first kappa shape index (κ1) is 18.2. The van der Waals surface area contributed by atoms with Gasteiger partial charge in [0.2, 0.25) is 0 Å². The molecule has 0 fully saturated rings. The highest BCUT2D eigenvalue weighted by atomic mass is 16.5. The fourth-order valence-electron chi connectivity index (χ4n) is 3.01. The van der Waals surface area contributed by atoms with E-state index in [0.717, 1.165) is 27.6 Å². The first-order chi connectivity index (χ1) is 12.6. The van der Waals surface area contributed by atoms with Crippen LogP contribution in [0.2, 0.25) is 0 Å². The Kier molecular flexibility index (Phi) is 5.42. The van der Waals surface area contributed by atoms with Crippen molar-refractivity contribution in [2.24, 2.45) is 5.92 Å². The van der Waals surface area contributed by atoms with E-state index in [2.05, 4.69) is 23.8 Å². The maximum absolute atomic E-state index is 12.4. The average Bonchev–Trinajstić information content (AvgIpc) is 3.00. The largest absolute Gasteiger partial charge is 0.493 e. The average molecular weight is 356 g/mol. The van der Waals surface area contributed by atoms with Gasteiger partial charge in [-0.3, -0.25) is 0 Å². The second-order valence-electron chi connectivity index (χ2n) is 6.54. The van der Waals surface area contributed by atoms with Crippen molar-refractivity contribution in [1.29, 1.82) is 0 Å². The summed E-state index contributed by atoms with van der Waals surface area (Å²) in [6.45, 7) is 7.14. The second kappa shape index (κ2) is 7.74. The van der Waals surface area contributed by atoms with Crippen molar-refractivity contribution in [3.8, 4) is 5.75 Å². The van der Waals surface area contributed by atoms with Crippen molar-refractivity contribution in [1.82, 2.24) is 9.97 Å². The van der Waals surface area contributed by atoms with Gasteiger partial charge in [0.15, 0.2) is 5.69 Å². The van der Waals surface area contributed by atoms with Crippen LogP contribution in [0.25, 0.3) is 21.8 Å². The van der Waals surface area contributed by atoms with Crippen molar-refractivity contribution in [3.63, 3.8) is 0 Å². The zero-order chi connectivity index (χ0) is 18.7. The number of aromatic amines is 1. The number of pyridine rings is 1. The van der Waals surface area contributed by atoms with E-state index >= 15 is 0 Å². The summed E-state index contributed by atoms with van der Waals surface area (Å²) in [5, 5.41) is 1.82. The number of carbonyl (C=O) groups is 1. The van der Waals surface area contributed by atoms with Crippen molar-refractivity contribution >= 4 is 27.8 Å². The minimum absolute atomic E-state index is 0.254. The molecule has 0 radical (unpaired) electrons. The number of ether oxygens (including phenoxy) is 3. The number of hydrogen-bond acceptors (Lipinski definition) is 5. The Hall–Kier alpha value is -2.60. The molecule has 0 saturated heterocycles. The quantitative estimate of drug-likeness (QED) is 0.646. The number of benzene rings is 1. The van der Waals surface area contributed by atoms with Crippen LogP contribution in [0.15, 0.2) is 24.4 Å². The second-order valence-corrected chi connectivity index (χ2v) is 6.54. The molecule has 0 aliphatic rings. The SMILES string of the molecule is CCOC(=O)c1ncc2[nH]c3cccc(OCC(C)C)c3c2c1COC. The van der Waals surface area contributed by atoms with E-state index < -0.39 is 5.97 Å². The Labute approximate surface area is 152 Å². The third kappa shape index (κ3) is 3.37. The van der Waals surface area contributed by atoms with Crippen molar-refractivity contribution in [2.45, 2.75) is 27.4 Å². The van der Waals surface area contributed by atoms with E-state index in [1.807, 2.05) is 18.2 Å². The van der Waals surface area contributed by atoms with E-state index in [-0.39, 0.29) is 12.3 Å². The number of fused-ring (bicyclic) bond motifs is 3. The lowest BCUT2D eigenvalue weighted by atomic mass is 10.0. The Morgan fingerprint density at radius 2 is 2.04 bits per heavy atom. The van der Waals surface area contributed by atoms with Crippen LogP contribution in [-0.4, -0.2) is 36.3 Å². The van der Waals surface area contributed by atoms with Gasteiger partial charge in [0.1, 0.15) is 5.75 Å². The van der Waals surface area contributed by atoms with Gasteiger partial charge < -0.3 is 19.2 Å². The smallest absolute Gasteiger partial charge is 0.357 e. The van der Waals surface area contributed by atoms with Crippen LogP contribution in [0.3, 0.4) is 0 Å². The van der Waals surface area contributed by atoms with Gasteiger partial charge in [-0.05, 0) is 25.0 Å². The van der Waals surface area contributed by atoms with Crippen molar-refractivity contribution in [2.75, 3.05) is 20.3 Å². The number of H-pyrrole nitrogens is 1. The number of methoxy groups -OCH3 is 1. The Morgan fingerprint density at radius 1 is 1.23 bits per heavy atom. The first-order valence-corrected chi connectivity index (χ1v) is 8.77. The predicted molar refractivity (Wildman–Crippen MR) is 101 cm³/mol. The van der Waals surface area contributed by atoms with Crippen LogP contribution in [0, 0.1) is 5.92 Å². The Balaban J connectivity index is 2.27. The fraction of sp³-hybridized carbons (Fsp3) is 0.400. The van der Waals surface area contributed by atoms with Gasteiger partial charge in [-0.25, -0.2) is 9.78 Å². The molecule has 138 valence electrons. The molecule has 0 atom stereocenters. The van der Waals surface area contributed by atoms with Gasteiger partial charge in [0.25, 0.3) is 0 Å². The minimum Gasteiger partial charge on any atom is -0.493 e. The fourth-order valence-corrected chi connectivity index (χ4v) is 3.01. The topological polar surface area (TPSA) is 73.4 Å². The number of rotatable bonds is 7. The van der Waals surface area contributed by atoms with E-state index in [0.29, 0.717) is 24.7 Å². The van der Waals surface area contributed by atoms with Crippen LogP contribution in [0.4, 0.5) is 0 Å². The van der Waals surface area contributed by atoms with Crippen molar-refractivity contribution in [3.05, 3.63) is 35.7 Å². The maximum Gasteiger partial charge on any atom is 0.357 e. The molecule has 0 aliphatic heterocycles. The number of esters is 1. The third-order valence-corrected chi connectivity index (χ3v) is 4.05. The highest BCUT2D eigenvalue weighted by Gasteiger charge is 2.21. The molecule has 26 heavy (non-hydrogen) atoms. The minimum atomic E-state index is -0.448. The molecule has 1 aromatic carbocycles. The Morgan fingerprint density at radius 3 is 2.73 bits per heavy atom. The molecule has 0 spiro atoms. The molecular formula is C20H24N2O4. The van der Waals surface area contributed by atoms with Gasteiger partial charge in [-0.15, -0.1) is 0 Å². The first-order valence-electron chi connectivity index (χ1n) is 8.77. The number of hydrogen-bond donors (Lipinski definition) is 1. The normalized spacial score (nSPS) is 11.4. The lowest BCUT2D eigenvalue weighted by Gasteiger charge is -2.12. The Bertz CT molecular complexity index is 930. The summed E-state index contributed by atoms with van der Waals surface area (Å²) >= 11 is 0. The third-order valence-electron chi connectivity index (χ3n) is 4.05. The van der Waals surface area contributed by atoms with Gasteiger partial charge in [0.05, 0.1) is 37.1 Å². The van der Waals surface area contributed by atoms with Gasteiger partial charge in [-0.2, -0.15) is 0 Å². The van der Waals surface area contributed by atoms with Crippen LogP contribution in [-0.2, 0) is 16.1 Å². The molecule has 0 saturated carbocycles. The van der Waals surface area contributed by atoms with E-state index in [1.54, 1.807) is 20.2 Å². The number of carbonyl (C=O) groups excluding carboxylic acids is 1. The van der Waals surface area contributed by atoms with E-state index in [1.165, 1.54) is 0 Å². The summed E-state index contributed by atoms with van der Waals surface area (Å²) in [6, 6.07) is 5.88. The molecule has 2 heterocycles. The molecule has 0 amide bonds. The zero-order valence-electron chi connectivity index (χ0n) is 15.6. The van der Waals surface area contributed by atoms with Crippen LogP contribution >= 0.6 is 0 Å². The monoisotopic (exact) mass is 356 g/mol. The van der Waals surface area contributed by atoms with Gasteiger partial charge in [-0.1, -0.05) is 19.9 Å². The van der Waals surface area contributed by atoms with Crippen LogP contribution in [0.5, 0.6) is 5.75 Å². The standard InChI is InChI=1S/C20H24N2O4/c1-5-25-20(23)19-13(11-24-4)17-15(9-21-19)22-14-7-6-8-16(18(14)17)26-10-12(2)3/h6-9,12,22H,5,10-11H2,1-4H3. The molecule has 6 heteroatoms. The molecule has 2 aromatic heterocycles. The molecular weight excluding hydrogens is 332 g/mol. The van der Waals surface area contributed by atoms with Gasteiger partial charge >= 0.3 is 5.97 Å². The zero-order valence-corrected chi connectivity index (χ0v) is 15.6. The summed E-state index contributed by atoms with van der Waals surface area (Å²) in [7, 11) is 1.60. The molecule has 0 aliphatic carbocycles. The number of aromatic nitrogens is 2. The lowest BCUT2D eigenvalue weighted by molar-refractivity contribution is 0.0514. The van der Waals surface area contributed by atoms with Gasteiger partial charge in [0, 0.05) is 23.4 Å². The molecule has 3 rings (SSSR count). The van der Waals surface area contributed by atoms with Crippen LogP contribution < -0.4 is 4.74 Å². The summed E-state index contributed by atoms with van der Waals surface area (Å²) in [4.78, 5) is 20.0. The van der Waals surface area contributed by atoms with Crippen molar-refractivity contribution < 1.29 is 19.0 Å². The summed E-state index contributed by atoms with van der Waals surface area (Å²) in [6.07, 6.45) is 1.66. The maximum atomic E-state index is 12.4. The van der Waals surface area contributed by atoms with Crippen LogP contribution in [0.1, 0.15) is 36.8 Å². The molecule has 1 N–H and O–H groups in total. The molecule has 3 aromatic rings. The summed E-state index contributed by atoms with van der Waals surface area (Å²) < 4.78 is 16.6. The highest BCUT2D eigenvalue weighted by Crippen LogP contribution is 2.36. The highest BCUT2D eigenvalue weighted by molar-refractivity contribution is 6.13. The molecule has 6 nitrogen and oxygen atoms in total.